The zero-order valence-electron chi connectivity index (χ0n) is 12.1. The Morgan fingerprint density at radius 2 is 1.84 bits per heavy atom. The molecular weight excluding hydrogens is 380 g/mol. The maximum absolute atomic E-state index is 13.7. The second-order valence-corrected chi connectivity index (χ2v) is 5.82. The molecule has 0 saturated carbocycles. The molecule has 0 spiro atoms. The Hall–Kier alpha value is -1.82. The zero-order chi connectivity index (χ0) is 18.6. The van der Waals surface area contributed by atoms with Crippen molar-refractivity contribution in [3.05, 3.63) is 11.0 Å². The van der Waals surface area contributed by atoms with E-state index in [1.165, 1.54) is 0 Å². The highest BCUT2D eigenvalue weighted by Crippen LogP contribution is 2.45. The van der Waals surface area contributed by atoms with E-state index in [-0.39, 0.29) is 34.5 Å². The minimum absolute atomic E-state index is 0.0116. The average Bonchev–Trinajstić information content (AvgIpc) is 3.11. The van der Waals surface area contributed by atoms with Crippen molar-refractivity contribution < 1.29 is 31.1 Å². The number of aromatic nitrogens is 4. The number of rotatable bonds is 3. The summed E-state index contributed by atoms with van der Waals surface area (Å²) in [7, 11) is 0. The smallest absolute Gasteiger partial charge is 0.368 e. The summed E-state index contributed by atoms with van der Waals surface area (Å²) >= 11 is 5.84. The number of halogens is 7. The Bertz CT molecular complexity index is 796. The molecule has 13 heteroatoms. The Balaban J connectivity index is 1.82. The van der Waals surface area contributed by atoms with Gasteiger partial charge in [0.2, 0.25) is 5.95 Å². The summed E-state index contributed by atoms with van der Waals surface area (Å²) < 4.78 is 82.3. The first-order valence-corrected chi connectivity index (χ1v) is 7.30. The van der Waals surface area contributed by atoms with Crippen molar-refractivity contribution in [1.82, 2.24) is 19.9 Å². The molecule has 138 valence electrons. The lowest BCUT2D eigenvalue weighted by molar-refractivity contribution is -0.271. The monoisotopic (exact) mass is 389 g/mol. The molecule has 0 aliphatic carbocycles. The van der Waals surface area contributed by atoms with E-state index < -0.39 is 36.9 Å². The number of anilines is 1. The quantitative estimate of drug-likeness (QED) is 0.620. The van der Waals surface area contributed by atoms with Gasteiger partial charge in [-0.3, -0.25) is 0 Å². The largest absolute Gasteiger partial charge is 0.425 e. The fourth-order valence-electron chi connectivity index (χ4n) is 2.55. The molecule has 3 atom stereocenters. The van der Waals surface area contributed by atoms with Crippen molar-refractivity contribution >= 4 is 28.7 Å². The van der Waals surface area contributed by atoms with Crippen LogP contribution in [0.1, 0.15) is 24.8 Å². The number of aromatic amines is 1. The first-order valence-electron chi connectivity index (χ1n) is 6.93. The predicted molar refractivity (Wildman–Crippen MR) is 73.9 cm³/mol. The number of nitrogen functional groups attached to an aromatic ring is 1. The lowest BCUT2D eigenvalue weighted by Crippen LogP contribution is -2.49. The van der Waals surface area contributed by atoms with Crippen molar-refractivity contribution in [2.75, 3.05) is 5.73 Å². The van der Waals surface area contributed by atoms with E-state index in [1.54, 1.807) is 0 Å². The normalized spacial score (nSPS) is 23.3. The molecule has 3 unspecified atom stereocenters. The first-order chi connectivity index (χ1) is 11.5. The van der Waals surface area contributed by atoms with Gasteiger partial charge < -0.3 is 15.5 Å². The third-order valence-corrected chi connectivity index (χ3v) is 4.00. The van der Waals surface area contributed by atoms with Gasteiger partial charge >= 0.3 is 12.1 Å². The van der Waals surface area contributed by atoms with Crippen molar-refractivity contribution in [2.45, 2.75) is 43.3 Å². The van der Waals surface area contributed by atoms with E-state index in [1.807, 2.05) is 0 Å². The van der Waals surface area contributed by atoms with Crippen LogP contribution < -0.4 is 5.73 Å². The molecular formula is C12H10ClF6N5O. The van der Waals surface area contributed by atoms with Gasteiger partial charge in [-0.25, -0.2) is 18.2 Å². The third-order valence-electron chi connectivity index (χ3n) is 3.72. The number of imidazole rings is 1. The summed E-state index contributed by atoms with van der Waals surface area (Å²) in [6, 6.07) is 0. The topological polar surface area (TPSA) is 89.7 Å². The summed E-state index contributed by atoms with van der Waals surface area (Å²) in [5.41, 5.74) is 5.62. The molecule has 3 heterocycles. The van der Waals surface area contributed by atoms with Crippen LogP contribution >= 0.6 is 11.6 Å². The summed E-state index contributed by atoms with van der Waals surface area (Å²) in [5, 5.41) is -0.0676. The number of nitrogens with zero attached hydrogens (tertiary/aromatic N) is 3. The maximum atomic E-state index is 13.7. The second-order valence-electron chi connectivity index (χ2n) is 5.46. The molecule has 1 fully saturated rings. The summed E-state index contributed by atoms with van der Waals surface area (Å²) in [6.45, 7) is 0. The molecule has 0 radical (unpaired) electrons. The maximum Gasteiger partial charge on any atom is 0.425 e. The molecule has 3 rings (SSSR count). The van der Waals surface area contributed by atoms with E-state index in [4.69, 9.17) is 22.1 Å². The van der Waals surface area contributed by atoms with E-state index >= 15 is 0 Å². The van der Waals surface area contributed by atoms with Crippen LogP contribution in [0.15, 0.2) is 0 Å². The minimum Gasteiger partial charge on any atom is -0.368 e. The summed E-state index contributed by atoms with van der Waals surface area (Å²) in [5.74, 6) is -4.88. The fraction of sp³-hybridized carbons (Fsp3) is 0.583. The van der Waals surface area contributed by atoms with Crippen LogP contribution in [0.3, 0.4) is 0 Å². The lowest BCUT2D eigenvalue weighted by atomic mass is 10.0. The second kappa shape index (κ2) is 5.87. The first kappa shape index (κ1) is 18.0. The van der Waals surface area contributed by atoms with Crippen LogP contribution in [-0.4, -0.2) is 44.3 Å². The van der Waals surface area contributed by atoms with Gasteiger partial charge in [0.25, 0.3) is 6.17 Å². The average molecular weight is 390 g/mol. The van der Waals surface area contributed by atoms with Gasteiger partial charge in [0.05, 0.1) is 0 Å². The Morgan fingerprint density at radius 3 is 2.48 bits per heavy atom. The molecule has 6 nitrogen and oxygen atoms in total. The Morgan fingerprint density at radius 1 is 1.16 bits per heavy atom. The van der Waals surface area contributed by atoms with Crippen LogP contribution in [0.4, 0.5) is 32.3 Å². The number of hydrogen-bond donors (Lipinski definition) is 2. The lowest BCUT2D eigenvalue weighted by Gasteiger charge is -2.27. The molecule has 1 aliphatic heterocycles. The number of alkyl halides is 6. The molecule has 1 saturated heterocycles. The van der Waals surface area contributed by atoms with Gasteiger partial charge in [0.15, 0.2) is 10.8 Å². The number of nitrogens with one attached hydrogen (secondary N) is 1. The number of fused-ring (bicyclic) bond motifs is 1. The van der Waals surface area contributed by atoms with Gasteiger partial charge in [-0.05, 0) is 12.8 Å². The molecule has 3 N–H and O–H groups in total. The number of hydrogen-bond acceptors (Lipinski definition) is 5. The number of ether oxygens (including phenoxy) is 1. The van der Waals surface area contributed by atoms with Crippen LogP contribution in [0.5, 0.6) is 0 Å². The fourth-order valence-corrected chi connectivity index (χ4v) is 2.77. The van der Waals surface area contributed by atoms with Crippen LogP contribution in [-0.2, 0) is 4.74 Å². The number of nitrogens with two attached hydrogens (primary N) is 1. The highest BCUT2D eigenvalue weighted by atomic mass is 35.5. The summed E-state index contributed by atoms with van der Waals surface area (Å²) in [4.78, 5) is 14.1. The van der Waals surface area contributed by atoms with Gasteiger partial charge in [0.1, 0.15) is 23.5 Å². The van der Waals surface area contributed by atoms with Crippen molar-refractivity contribution in [3.8, 4) is 0 Å². The summed E-state index contributed by atoms with van der Waals surface area (Å²) in [6.07, 6.45) is -13.9. The molecule has 1 aliphatic rings. The molecule has 25 heavy (non-hydrogen) atoms. The van der Waals surface area contributed by atoms with Crippen LogP contribution in [0, 0.1) is 0 Å². The molecule has 2 aromatic heterocycles. The number of H-pyrrole nitrogens is 1. The molecule has 0 amide bonds. The van der Waals surface area contributed by atoms with Crippen molar-refractivity contribution in [1.29, 1.82) is 0 Å². The van der Waals surface area contributed by atoms with Gasteiger partial charge in [-0.1, -0.05) is 11.6 Å². The minimum atomic E-state index is -5.69. The zero-order valence-corrected chi connectivity index (χ0v) is 12.9. The molecule has 0 aromatic carbocycles. The Kier molecular flexibility index (Phi) is 4.22. The predicted octanol–water partition coefficient (Wildman–Crippen LogP) is 3.34. The van der Waals surface area contributed by atoms with E-state index in [2.05, 4.69) is 19.9 Å². The molecule has 2 aromatic rings. The van der Waals surface area contributed by atoms with Crippen LogP contribution in [0.2, 0.25) is 5.15 Å². The van der Waals surface area contributed by atoms with Gasteiger partial charge in [0, 0.05) is 0 Å². The van der Waals surface area contributed by atoms with Gasteiger partial charge in [-0.2, -0.15) is 23.1 Å². The van der Waals surface area contributed by atoms with E-state index in [0.29, 0.717) is 0 Å². The van der Waals surface area contributed by atoms with Crippen molar-refractivity contribution in [2.24, 2.45) is 0 Å². The SMILES string of the molecule is Nc1nc(Cl)c2[nH]c(C3CCC(C(F)(F)C(F)C(F)(F)F)O3)nc2n1. The van der Waals surface area contributed by atoms with E-state index in [9.17, 15) is 26.3 Å². The van der Waals surface area contributed by atoms with Gasteiger partial charge in [-0.15, -0.1) is 0 Å². The Labute approximate surface area is 140 Å². The highest BCUT2D eigenvalue weighted by Gasteiger charge is 2.62. The van der Waals surface area contributed by atoms with Crippen LogP contribution in [0.25, 0.3) is 11.2 Å². The van der Waals surface area contributed by atoms with Crippen molar-refractivity contribution in [3.63, 3.8) is 0 Å². The standard InChI is InChI=1S/C12H10ClF6N5O/c13-6-5-8(24-10(20)22-6)23-7(21-5)3-1-2-4(25-3)11(15,16)9(14)12(17,18)19/h3-4,9H,1-2H2,(H3,20,21,22,23,24). The van der Waals surface area contributed by atoms with E-state index in [0.717, 1.165) is 0 Å². The highest BCUT2D eigenvalue weighted by molar-refractivity contribution is 6.33. The third kappa shape index (κ3) is 3.19. The molecule has 0 bridgehead atoms.